The van der Waals surface area contributed by atoms with Crippen molar-refractivity contribution < 1.29 is 31.5 Å². The van der Waals surface area contributed by atoms with E-state index in [1.54, 1.807) is 0 Å². The third kappa shape index (κ3) is 2.28. The van der Waals surface area contributed by atoms with Crippen LogP contribution in [0.3, 0.4) is 0 Å². The van der Waals surface area contributed by atoms with Gasteiger partial charge in [0.25, 0.3) is 0 Å². The predicted octanol–water partition coefficient (Wildman–Crippen LogP) is 1.18. The van der Waals surface area contributed by atoms with Crippen LogP contribution in [0.25, 0.3) is 0 Å². The molecule has 0 aliphatic heterocycles. The molecule has 7 nitrogen and oxygen atoms in total. The van der Waals surface area contributed by atoms with Crippen molar-refractivity contribution in [3.05, 3.63) is 0 Å². The van der Waals surface area contributed by atoms with Crippen LogP contribution < -0.4 is 0 Å². The highest BCUT2D eigenvalue weighted by Crippen LogP contribution is 2.67. The average molecular weight is 332 g/mol. The number of ketones is 2. The van der Waals surface area contributed by atoms with Crippen molar-refractivity contribution in [2.45, 2.75) is 40.5 Å². The van der Waals surface area contributed by atoms with Crippen molar-refractivity contribution in [1.29, 1.82) is 0 Å². The Morgan fingerprint density at radius 1 is 1.32 bits per heavy atom. The van der Waals surface area contributed by atoms with E-state index in [9.17, 15) is 22.8 Å². The van der Waals surface area contributed by atoms with Crippen molar-refractivity contribution in [3.63, 3.8) is 0 Å². The highest BCUT2D eigenvalue weighted by Gasteiger charge is 2.68. The molecule has 2 aliphatic carbocycles. The largest absolute Gasteiger partial charge is 0.449 e. The van der Waals surface area contributed by atoms with E-state index in [4.69, 9.17) is 4.55 Å². The molecule has 124 valence electrons. The molecule has 0 aromatic carbocycles. The first-order chi connectivity index (χ1) is 9.83. The molecule has 4 unspecified atom stereocenters. The molecule has 0 aromatic rings. The Hall–Kier alpha value is -1.28. The molecular formula is C14H20O7S. The predicted molar refractivity (Wildman–Crippen MR) is 74.9 cm³/mol. The van der Waals surface area contributed by atoms with Gasteiger partial charge < -0.3 is 4.18 Å². The van der Waals surface area contributed by atoms with Crippen LogP contribution in [0.4, 0.5) is 0 Å². The quantitative estimate of drug-likeness (QED) is 0.607. The molecule has 2 fully saturated rings. The molecule has 0 amide bonds. The molecule has 0 radical (unpaired) electrons. The fourth-order valence-electron chi connectivity index (χ4n) is 4.26. The van der Waals surface area contributed by atoms with Gasteiger partial charge in [0.2, 0.25) is 0 Å². The van der Waals surface area contributed by atoms with Crippen LogP contribution in [0.15, 0.2) is 0 Å². The lowest BCUT2D eigenvalue weighted by Gasteiger charge is -2.32. The third-order valence-electron chi connectivity index (χ3n) is 5.82. The standard InChI is InChI=1S/C14H20O7S/c1-7(15)9(12(17)21-22(18,19)20)10-8-5-6-14(4,11(10)16)13(8,2)3/h8-10H,5-6H2,1-4H3,(H,18,19,20). The van der Waals surface area contributed by atoms with Crippen LogP contribution in [0.5, 0.6) is 0 Å². The van der Waals surface area contributed by atoms with E-state index in [0.717, 1.165) is 6.92 Å². The number of Topliss-reactive ketones (excluding diaryl/α,β-unsaturated/α-hetero) is 2. The molecule has 0 saturated heterocycles. The number of carbonyl (C=O) groups is 3. The SMILES string of the molecule is CC(=O)C(C(=O)OS(=O)(=O)O)C1C(=O)C2(C)CCC1C2(C)C. The highest BCUT2D eigenvalue weighted by molar-refractivity contribution is 7.81. The summed E-state index contributed by atoms with van der Waals surface area (Å²) in [7, 11) is -5.02. The number of rotatable bonds is 4. The lowest BCUT2D eigenvalue weighted by Crippen LogP contribution is -2.41. The van der Waals surface area contributed by atoms with Crippen molar-refractivity contribution in [2.24, 2.45) is 28.6 Å². The topological polar surface area (TPSA) is 115 Å². The Labute approximate surface area is 129 Å². The minimum absolute atomic E-state index is 0.201. The highest BCUT2D eigenvalue weighted by atomic mass is 32.3. The molecule has 0 aromatic heterocycles. The minimum atomic E-state index is -5.02. The third-order valence-corrected chi connectivity index (χ3v) is 6.20. The fraction of sp³-hybridized carbons (Fsp3) is 0.786. The minimum Gasteiger partial charge on any atom is -0.324 e. The number of hydrogen-bond acceptors (Lipinski definition) is 6. The van der Waals surface area contributed by atoms with E-state index in [-0.39, 0.29) is 17.1 Å². The second-order valence-corrected chi connectivity index (χ2v) is 8.03. The lowest BCUT2D eigenvalue weighted by molar-refractivity contribution is -0.151. The Morgan fingerprint density at radius 3 is 2.23 bits per heavy atom. The van der Waals surface area contributed by atoms with E-state index in [0.29, 0.717) is 12.8 Å². The van der Waals surface area contributed by atoms with Crippen molar-refractivity contribution >= 4 is 27.9 Å². The van der Waals surface area contributed by atoms with E-state index >= 15 is 0 Å². The first kappa shape index (κ1) is 17.1. The zero-order valence-corrected chi connectivity index (χ0v) is 13.8. The zero-order valence-electron chi connectivity index (χ0n) is 13.0. The van der Waals surface area contributed by atoms with Gasteiger partial charge in [0.1, 0.15) is 17.5 Å². The van der Waals surface area contributed by atoms with Gasteiger partial charge in [-0.25, -0.2) is 0 Å². The Balaban J connectivity index is 2.42. The van der Waals surface area contributed by atoms with Crippen LogP contribution in [0.2, 0.25) is 0 Å². The summed E-state index contributed by atoms with van der Waals surface area (Å²) in [5, 5.41) is 0. The van der Waals surface area contributed by atoms with E-state index < -0.39 is 39.4 Å². The Kier molecular flexibility index (Phi) is 3.77. The summed E-state index contributed by atoms with van der Waals surface area (Å²) in [6.07, 6.45) is 1.36. The summed E-state index contributed by atoms with van der Waals surface area (Å²) in [5.74, 6) is -4.84. The van der Waals surface area contributed by atoms with Crippen LogP contribution in [-0.2, 0) is 29.0 Å². The van der Waals surface area contributed by atoms with Gasteiger partial charge in [0.05, 0.1) is 0 Å². The lowest BCUT2D eigenvalue weighted by atomic mass is 9.70. The molecule has 2 aliphatic rings. The van der Waals surface area contributed by atoms with Gasteiger partial charge in [0.15, 0.2) is 0 Å². The molecule has 0 heterocycles. The van der Waals surface area contributed by atoms with E-state index in [1.165, 1.54) is 0 Å². The van der Waals surface area contributed by atoms with Gasteiger partial charge in [0, 0.05) is 11.3 Å². The van der Waals surface area contributed by atoms with Gasteiger partial charge in [-0.2, -0.15) is 8.42 Å². The Morgan fingerprint density at radius 2 is 1.86 bits per heavy atom. The maximum atomic E-state index is 12.7. The van der Waals surface area contributed by atoms with Gasteiger partial charge in [-0.05, 0) is 31.1 Å². The molecule has 1 N–H and O–H groups in total. The average Bonchev–Trinajstić information content (AvgIpc) is 2.61. The zero-order chi connectivity index (χ0) is 17.1. The summed E-state index contributed by atoms with van der Waals surface area (Å²) in [6.45, 7) is 6.78. The first-order valence-electron chi connectivity index (χ1n) is 7.08. The maximum Gasteiger partial charge on any atom is 0.449 e. The van der Waals surface area contributed by atoms with Crippen LogP contribution in [0, 0.1) is 28.6 Å². The molecule has 4 atom stereocenters. The fourth-order valence-corrected chi connectivity index (χ4v) is 4.57. The van der Waals surface area contributed by atoms with Crippen molar-refractivity contribution in [2.75, 3.05) is 0 Å². The van der Waals surface area contributed by atoms with Gasteiger partial charge in [-0.1, -0.05) is 20.8 Å². The summed E-state index contributed by atoms with van der Waals surface area (Å²) in [5.41, 5.74) is -1.03. The van der Waals surface area contributed by atoms with Crippen molar-refractivity contribution in [1.82, 2.24) is 0 Å². The van der Waals surface area contributed by atoms with Crippen LogP contribution in [0.1, 0.15) is 40.5 Å². The van der Waals surface area contributed by atoms with Gasteiger partial charge in [-0.15, -0.1) is 0 Å². The number of fused-ring (bicyclic) bond motifs is 2. The normalized spacial score (nSPS) is 34.5. The number of carbonyl (C=O) groups excluding carboxylic acids is 3. The smallest absolute Gasteiger partial charge is 0.324 e. The molecular weight excluding hydrogens is 312 g/mol. The molecule has 8 heteroatoms. The molecule has 2 bridgehead atoms. The summed E-state index contributed by atoms with van der Waals surface area (Å²) < 4.78 is 34.1. The number of hydrogen-bond donors (Lipinski definition) is 1. The second-order valence-electron chi connectivity index (χ2n) is 7.01. The van der Waals surface area contributed by atoms with Crippen LogP contribution >= 0.6 is 0 Å². The molecule has 0 spiro atoms. The summed E-state index contributed by atoms with van der Waals surface area (Å²) in [6, 6.07) is 0. The van der Waals surface area contributed by atoms with Gasteiger partial charge in [-0.3, -0.25) is 18.9 Å². The van der Waals surface area contributed by atoms with Gasteiger partial charge >= 0.3 is 16.4 Å². The summed E-state index contributed by atoms with van der Waals surface area (Å²) >= 11 is 0. The maximum absolute atomic E-state index is 12.7. The monoisotopic (exact) mass is 332 g/mol. The van der Waals surface area contributed by atoms with Crippen molar-refractivity contribution in [3.8, 4) is 0 Å². The Bertz CT molecular complexity index is 648. The second kappa shape index (κ2) is 4.86. The molecule has 2 saturated carbocycles. The molecule has 22 heavy (non-hydrogen) atoms. The summed E-state index contributed by atoms with van der Waals surface area (Å²) in [4.78, 5) is 36.6. The van der Waals surface area contributed by atoms with E-state index in [1.807, 2.05) is 20.8 Å². The van der Waals surface area contributed by atoms with Crippen LogP contribution in [-0.4, -0.2) is 30.5 Å². The first-order valence-corrected chi connectivity index (χ1v) is 8.45. The molecule has 2 rings (SSSR count). The van der Waals surface area contributed by atoms with E-state index in [2.05, 4.69) is 4.18 Å².